The lowest BCUT2D eigenvalue weighted by molar-refractivity contribution is -0.310. The average molecular weight is 1340 g/mol. The quantitative estimate of drug-likeness (QED) is 0.0174. The average Bonchev–Trinajstić information content (AvgIpc) is 0.817. The largest absolute Gasteiger partial charge is 0.477 e. The molecule has 496 valence electrons. The Labute approximate surface area is 544 Å². The highest BCUT2D eigenvalue weighted by Crippen LogP contribution is 2.35. The van der Waals surface area contributed by atoms with Crippen LogP contribution in [-0.2, 0) is 47.7 Å². The van der Waals surface area contributed by atoms with Gasteiger partial charge >= 0.3 is 5.97 Å². The maximum Gasteiger partial charge on any atom is 0.364 e. The molecule has 0 radical (unpaired) electrons. The van der Waals surface area contributed by atoms with Crippen LogP contribution in [-0.4, -0.2) is 223 Å². The van der Waals surface area contributed by atoms with Crippen molar-refractivity contribution in [2.75, 3.05) is 67.4 Å². The van der Waals surface area contributed by atoms with E-state index in [0.717, 1.165) is 29.2 Å². The Morgan fingerprint density at radius 3 is 1.53 bits per heavy atom. The minimum atomic E-state index is -2.46. The predicted octanol–water partition coefficient (Wildman–Crippen LogP) is 2.74. The Kier molecular flexibility index (Phi) is 30.7. The van der Waals surface area contributed by atoms with Crippen LogP contribution in [0.4, 0.5) is 0 Å². The third-order valence-electron chi connectivity index (χ3n) is 14.7. The summed E-state index contributed by atoms with van der Waals surface area (Å²) in [5.74, 6) is -6.00. The molecule has 2 heterocycles. The fourth-order valence-electron chi connectivity index (χ4n) is 9.97. The highest BCUT2D eigenvalue weighted by Gasteiger charge is 2.56. The van der Waals surface area contributed by atoms with Gasteiger partial charge in [-0.25, -0.2) is 4.79 Å². The van der Waals surface area contributed by atoms with Gasteiger partial charge in [-0.3, -0.25) is 33.6 Å². The molecule has 6 rings (SSSR count). The van der Waals surface area contributed by atoms with E-state index in [1.54, 1.807) is 48.5 Å². The Bertz CT molecular complexity index is 2980. The van der Waals surface area contributed by atoms with Gasteiger partial charge in [0.15, 0.2) is 6.29 Å². The van der Waals surface area contributed by atoms with Crippen molar-refractivity contribution in [3.8, 4) is 22.3 Å². The maximum absolute atomic E-state index is 13.0. The summed E-state index contributed by atoms with van der Waals surface area (Å²) in [6.45, 7) is 1.64. The van der Waals surface area contributed by atoms with E-state index < -0.39 is 122 Å². The van der Waals surface area contributed by atoms with E-state index >= 15 is 0 Å². The molecule has 12 N–H and O–H groups in total. The Hall–Kier alpha value is -5.96. The minimum Gasteiger partial charge on any atom is -0.477 e. The predicted molar refractivity (Wildman–Crippen MR) is 346 cm³/mol. The van der Waals surface area contributed by atoms with Crippen molar-refractivity contribution in [3.63, 3.8) is 0 Å². The van der Waals surface area contributed by atoms with E-state index in [1.807, 2.05) is 60.7 Å². The van der Waals surface area contributed by atoms with Gasteiger partial charge in [-0.2, -0.15) is 23.5 Å². The first-order valence-corrected chi connectivity index (χ1v) is 34.5. The molecule has 2 aliphatic rings. The van der Waals surface area contributed by atoms with Crippen LogP contribution in [0.1, 0.15) is 73.1 Å². The second kappa shape index (κ2) is 37.7. The lowest BCUT2D eigenvalue weighted by Crippen LogP contribution is -2.68. The number of hydrogen-bond donors (Lipinski definition) is 12. The van der Waals surface area contributed by atoms with Gasteiger partial charge in [0.05, 0.1) is 61.2 Å². The molecule has 2 fully saturated rings. The van der Waals surface area contributed by atoms with Crippen molar-refractivity contribution in [2.45, 2.75) is 125 Å². The summed E-state index contributed by atoms with van der Waals surface area (Å²) in [5, 5.41) is 90.0. The first-order chi connectivity index (χ1) is 43.6. The number of aldehydes is 1. The molecule has 2 saturated heterocycles. The Morgan fingerprint density at radius 2 is 1.03 bits per heavy atom. The highest BCUT2D eigenvalue weighted by atomic mass is 33.1. The number of Topliss-reactive ketones (excluding diaryl/α,β-unsaturated/α-hetero) is 1. The summed E-state index contributed by atoms with van der Waals surface area (Å²) in [7, 11) is 2.52. The van der Waals surface area contributed by atoms with Crippen LogP contribution < -0.4 is 26.6 Å². The minimum absolute atomic E-state index is 0.00439. The highest BCUT2D eigenvalue weighted by molar-refractivity contribution is 8.77. The maximum atomic E-state index is 13.0. The van der Waals surface area contributed by atoms with Gasteiger partial charge in [0.1, 0.15) is 30.2 Å². The van der Waals surface area contributed by atoms with E-state index in [9.17, 15) is 74.1 Å². The van der Waals surface area contributed by atoms with Crippen LogP contribution >= 0.6 is 45.1 Å². The van der Waals surface area contributed by atoms with E-state index in [-0.39, 0.29) is 48.4 Å². The Balaban J connectivity index is 0.804. The number of benzene rings is 4. The molecular weight excluding hydrogens is 1260 g/mol. The van der Waals surface area contributed by atoms with Crippen LogP contribution in [0, 0.1) is 0 Å². The second-order valence-corrected chi connectivity index (χ2v) is 26.6. The lowest BCUT2D eigenvalue weighted by atomic mass is 9.88. The third kappa shape index (κ3) is 23.2. The molecule has 24 nitrogen and oxygen atoms in total. The number of amides is 5. The van der Waals surface area contributed by atoms with Crippen molar-refractivity contribution < 1.29 is 93.0 Å². The normalized spacial score (nSPS) is 22.7. The first-order valence-electron chi connectivity index (χ1n) is 29.7. The summed E-state index contributed by atoms with van der Waals surface area (Å²) >= 11 is 3.02. The number of carboxylic acids is 1. The summed E-state index contributed by atoms with van der Waals surface area (Å²) < 4.78 is 23.4. The zero-order chi connectivity index (χ0) is 65.9. The van der Waals surface area contributed by atoms with Crippen molar-refractivity contribution in [3.05, 3.63) is 120 Å². The smallest absolute Gasteiger partial charge is 0.364 e. The van der Waals surface area contributed by atoms with Gasteiger partial charge in [-0.15, -0.1) is 0 Å². The fourth-order valence-corrected chi connectivity index (χ4v) is 13.5. The molecule has 4 aromatic rings. The molecule has 0 aromatic heterocycles. The van der Waals surface area contributed by atoms with Gasteiger partial charge in [-0.05, 0) is 83.0 Å². The number of aliphatic hydroxyl groups is 6. The van der Waals surface area contributed by atoms with Gasteiger partial charge < -0.3 is 81.3 Å². The van der Waals surface area contributed by atoms with Crippen LogP contribution in [0.5, 0.6) is 0 Å². The summed E-state index contributed by atoms with van der Waals surface area (Å²) in [4.78, 5) is 100. The molecule has 4 aromatic carbocycles. The number of nitrogens with one attached hydrogen (secondary N) is 5. The number of hydrogen-bond acceptors (Lipinski definition) is 22. The van der Waals surface area contributed by atoms with E-state index in [4.69, 9.17) is 18.9 Å². The number of ether oxygens (including phenoxy) is 4. The van der Waals surface area contributed by atoms with Gasteiger partial charge in [0.25, 0.3) is 17.6 Å². The first kappa shape index (κ1) is 74.1. The molecule has 2 aliphatic heterocycles. The Morgan fingerprint density at radius 1 is 0.582 bits per heavy atom. The van der Waals surface area contributed by atoms with Crippen LogP contribution in [0.25, 0.3) is 22.3 Å². The topological polar surface area (TPSA) is 375 Å². The van der Waals surface area contributed by atoms with Crippen molar-refractivity contribution in [1.29, 1.82) is 0 Å². The number of aliphatic carboxylic acids is 1. The van der Waals surface area contributed by atoms with Gasteiger partial charge in [0.2, 0.25) is 23.5 Å². The monoisotopic (exact) mass is 1340 g/mol. The molecule has 0 aliphatic carbocycles. The summed E-state index contributed by atoms with van der Waals surface area (Å²) in [5.41, 5.74) is 4.27. The number of aliphatic hydroxyl groups excluding tert-OH is 6. The molecule has 0 bridgehead atoms. The lowest BCUT2D eigenvalue weighted by Gasteiger charge is -2.46. The molecular formula is C63H81N5O19S4. The van der Waals surface area contributed by atoms with E-state index in [0.29, 0.717) is 67.1 Å². The van der Waals surface area contributed by atoms with E-state index in [2.05, 4.69) is 26.6 Å². The van der Waals surface area contributed by atoms with Crippen molar-refractivity contribution in [1.82, 2.24) is 26.6 Å². The van der Waals surface area contributed by atoms with E-state index in [1.165, 1.54) is 52.0 Å². The van der Waals surface area contributed by atoms with Crippen LogP contribution in [0.3, 0.4) is 0 Å². The number of rotatable bonds is 38. The van der Waals surface area contributed by atoms with Crippen molar-refractivity contribution >= 4 is 92.7 Å². The zero-order valence-electron chi connectivity index (χ0n) is 50.4. The molecule has 0 spiro atoms. The zero-order valence-corrected chi connectivity index (χ0v) is 53.7. The molecule has 0 unspecified atom stereocenters. The van der Waals surface area contributed by atoms with Crippen LogP contribution in [0.15, 0.2) is 109 Å². The SMILES string of the molecule is CC(=O)N[C@H]1[C@H]([C@H](O)[C@H](O)CNC(=O)c2ccc(-c3ccccc3)cc2)O[C@](C=O)(OCCCSCCNC(=O)CSSCC(=O)CCCSCCCO[C@]2(C(=O)O)C[C@H](O)[C@@H](NC(C)=O)[C@H]([C@H](O)[C@H](O)CNC(=O)c3ccc(-c4ccccc4)cc3)O2)C[C@@H]1O. The fraction of sp³-hybridized carbons (Fsp3) is 0.492. The summed E-state index contributed by atoms with van der Waals surface area (Å²) in [6.07, 6.45) is -12.3. The number of carboxylic acid groups (broad SMARTS) is 1. The molecule has 28 heteroatoms. The number of carbonyl (C=O) groups excluding carboxylic acids is 7. The standard InChI is InChI=1S/C63H81N5O19S4/c1-39(70)67-53-48(73)32-62(38-69,86-57(53)55(78)50(75)34-65-59(80)45-21-17-43(18-22-45)41-12-5-3-6-13-41)84-26-10-30-89-31-25-64-52(77)37-91-90-36-47(72)16-9-28-88-29-11-27-85-63(61(82)83)33-49(74)54(68-40(2)71)58(87-63)56(79)51(76)35-66-60(81)46-23-19-44(20-24-46)42-14-7-4-8-15-42/h3-8,12-15,17-24,38,48-51,53-58,73-76,78-79H,9-11,16,25-37H2,1-2H3,(H,64,77)(H,65,80)(H,66,81)(H,67,70)(H,68,71)(H,82,83)/t48-,49-,50+,51+,53+,54+,55+,56+,57+,58+,62+,63+/m0/s1. The third-order valence-corrected chi connectivity index (χ3v) is 19.1. The number of thioether (sulfide) groups is 2. The van der Waals surface area contributed by atoms with Crippen molar-refractivity contribution in [2.24, 2.45) is 0 Å². The molecule has 91 heavy (non-hydrogen) atoms. The summed E-state index contributed by atoms with van der Waals surface area (Å²) in [6, 6.07) is 30.0. The second-order valence-electron chi connectivity index (χ2n) is 21.7. The van der Waals surface area contributed by atoms with Crippen LogP contribution in [0.2, 0.25) is 0 Å². The molecule has 5 amide bonds. The molecule has 0 saturated carbocycles. The van der Waals surface area contributed by atoms with Gasteiger partial charge in [-0.1, -0.05) is 107 Å². The van der Waals surface area contributed by atoms with Gasteiger partial charge in [0, 0.05) is 69.6 Å². The molecule has 12 atom stereocenters. The number of carbonyl (C=O) groups is 8. The number of ketones is 1.